The van der Waals surface area contributed by atoms with Crippen LogP contribution in [-0.2, 0) is 16.0 Å². The summed E-state index contributed by atoms with van der Waals surface area (Å²) in [7, 11) is 0. The number of aromatic nitrogens is 2. The van der Waals surface area contributed by atoms with Gasteiger partial charge in [0.05, 0.1) is 38.2 Å². The number of anilines is 1. The summed E-state index contributed by atoms with van der Waals surface area (Å²) in [6, 6.07) is 3.65. The monoisotopic (exact) mass is 466 g/mol. The quantitative estimate of drug-likeness (QED) is 0.274. The molecule has 5 N–H and O–H groups in total. The normalized spacial score (nSPS) is 20.2. The maximum Gasteiger partial charge on any atom is 0.333 e. The van der Waals surface area contributed by atoms with Crippen molar-refractivity contribution in [2.24, 2.45) is 0 Å². The number of carbonyl (C=O) groups excluding carboxylic acids is 1. The Labute approximate surface area is 188 Å². The van der Waals surface area contributed by atoms with Gasteiger partial charge in [0.25, 0.3) is 11.5 Å². The van der Waals surface area contributed by atoms with Crippen molar-refractivity contribution in [2.75, 3.05) is 32.1 Å². The molecule has 3 atom stereocenters. The second-order valence-electron chi connectivity index (χ2n) is 7.68. The van der Waals surface area contributed by atoms with E-state index in [1.165, 1.54) is 22.9 Å². The molecule has 12 heteroatoms. The highest BCUT2D eigenvalue weighted by atomic mass is 19.1. The van der Waals surface area contributed by atoms with Gasteiger partial charge < -0.3 is 30.7 Å². The molecule has 2 heterocycles. The van der Waals surface area contributed by atoms with Crippen LogP contribution < -0.4 is 22.3 Å². The number of hydrogen-bond acceptors (Lipinski definition) is 8. The fourth-order valence-electron chi connectivity index (χ4n) is 3.49. The fourth-order valence-corrected chi connectivity index (χ4v) is 3.49. The van der Waals surface area contributed by atoms with E-state index in [0.29, 0.717) is 5.56 Å². The van der Waals surface area contributed by atoms with Crippen molar-refractivity contribution >= 4 is 11.6 Å². The Morgan fingerprint density at radius 3 is 2.79 bits per heavy atom. The summed E-state index contributed by atoms with van der Waals surface area (Å²) in [6.07, 6.45) is -1.04. The van der Waals surface area contributed by atoms with Crippen LogP contribution in [0, 0.1) is 12.7 Å². The van der Waals surface area contributed by atoms with E-state index >= 15 is 0 Å². The molecule has 1 aromatic carbocycles. The summed E-state index contributed by atoms with van der Waals surface area (Å²) in [6.45, 7) is 1.45. The topological polar surface area (TPSA) is 158 Å². The largest absolute Gasteiger partial charge is 0.396 e. The van der Waals surface area contributed by atoms with Gasteiger partial charge in [0.15, 0.2) is 0 Å². The van der Waals surface area contributed by atoms with E-state index in [1.54, 1.807) is 6.92 Å². The zero-order chi connectivity index (χ0) is 24.1. The Morgan fingerprint density at radius 1 is 1.36 bits per heavy atom. The molecule has 180 valence electrons. The summed E-state index contributed by atoms with van der Waals surface area (Å²) < 4.78 is 26.4. The lowest BCUT2D eigenvalue weighted by atomic mass is 10.2. The molecule has 33 heavy (non-hydrogen) atoms. The van der Waals surface area contributed by atoms with Crippen LogP contribution >= 0.6 is 0 Å². The van der Waals surface area contributed by atoms with Gasteiger partial charge in [-0.3, -0.25) is 18.7 Å². The first-order valence-corrected chi connectivity index (χ1v) is 10.4. The first-order chi connectivity index (χ1) is 15.7. The minimum atomic E-state index is -0.919. The molecule has 1 amide bonds. The van der Waals surface area contributed by atoms with Gasteiger partial charge in [-0.15, -0.1) is 0 Å². The first-order valence-electron chi connectivity index (χ1n) is 10.4. The minimum absolute atomic E-state index is 0.0273. The van der Waals surface area contributed by atoms with Crippen LogP contribution in [-0.4, -0.2) is 63.8 Å². The van der Waals surface area contributed by atoms with E-state index in [-0.39, 0.29) is 50.6 Å². The maximum absolute atomic E-state index is 13.2. The van der Waals surface area contributed by atoms with Crippen molar-refractivity contribution in [2.45, 2.75) is 38.3 Å². The maximum atomic E-state index is 13.2. The molecule has 1 fully saturated rings. The van der Waals surface area contributed by atoms with E-state index in [1.807, 2.05) is 0 Å². The predicted octanol–water partition coefficient (Wildman–Crippen LogP) is -0.873. The minimum Gasteiger partial charge on any atom is -0.396 e. The lowest BCUT2D eigenvalue weighted by Gasteiger charge is -2.17. The Morgan fingerprint density at radius 2 is 2.12 bits per heavy atom. The van der Waals surface area contributed by atoms with Crippen LogP contribution in [0.3, 0.4) is 0 Å². The number of nitrogens with two attached hydrogens (primary N) is 1. The average molecular weight is 466 g/mol. The average Bonchev–Trinajstić information content (AvgIpc) is 3.17. The van der Waals surface area contributed by atoms with Gasteiger partial charge >= 0.3 is 5.69 Å². The molecule has 1 aromatic heterocycles. The van der Waals surface area contributed by atoms with Crippen LogP contribution in [0.1, 0.15) is 28.6 Å². The van der Waals surface area contributed by atoms with Crippen molar-refractivity contribution in [3.05, 3.63) is 62.2 Å². The first kappa shape index (κ1) is 24.6. The second kappa shape index (κ2) is 10.7. The highest BCUT2D eigenvalue weighted by Gasteiger charge is 2.35. The molecule has 2 aromatic rings. The zero-order valence-electron chi connectivity index (χ0n) is 18.1. The van der Waals surface area contributed by atoms with E-state index in [0.717, 1.165) is 10.6 Å². The van der Waals surface area contributed by atoms with Crippen molar-refractivity contribution in [1.82, 2.24) is 14.5 Å². The SMILES string of the molecule is Cc1cn([C@H]2C[C@H](O)[C@@H](CO)O2)c(=O)n(CCOCCNC(=O)c2ccc(F)c(N)c2)c1=O. The van der Waals surface area contributed by atoms with E-state index < -0.39 is 41.4 Å². The van der Waals surface area contributed by atoms with Crippen molar-refractivity contribution in [3.8, 4) is 0 Å². The fraction of sp³-hybridized carbons (Fsp3) is 0.476. The van der Waals surface area contributed by atoms with Crippen molar-refractivity contribution < 1.29 is 28.9 Å². The standard InChI is InChI=1S/C21H27FN4O7/c1-12-10-26(18-9-16(28)17(11-27)33-18)21(31)25(20(12)30)5-7-32-6-4-24-19(29)13-2-3-14(22)15(23)8-13/h2-3,8,10,16-18,27-28H,4-7,9,11,23H2,1H3,(H,24,29)/t16-,17+,18+/m0/s1. The number of aliphatic hydroxyl groups excluding tert-OH is 2. The van der Waals surface area contributed by atoms with Gasteiger partial charge in [-0.05, 0) is 25.1 Å². The molecule has 0 bridgehead atoms. The van der Waals surface area contributed by atoms with E-state index in [4.69, 9.17) is 15.2 Å². The number of nitrogens with one attached hydrogen (secondary N) is 1. The molecule has 0 aliphatic carbocycles. The lowest BCUT2D eigenvalue weighted by Crippen LogP contribution is -2.43. The van der Waals surface area contributed by atoms with Crippen molar-refractivity contribution in [1.29, 1.82) is 0 Å². The summed E-state index contributed by atoms with van der Waals surface area (Å²) in [4.78, 5) is 37.3. The predicted molar refractivity (Wildman–Crippen MR) is 115 cm³/mol. The number of nitrogens with zero attached hydrogens (tertiary/aromatic N) is 2. The number of ether oxygens (including phenoxy) is 2. The highest BCUT2D eigenvalue weighted by molar-refractivity contribution is 5.95. The molecule has 1 aliphatic rings. The van der Waals surface area contributed by atoms with Gasteiger partial charge in [0, 0.05) is 30.3 Å². The molecular formula is C21H27FN4O7. The smallest absolute Gasteiger partial charge is 0.333 e. The second-order valence-corrected chi connectivity index (χ2v) is 7.68. The molecule has 0 spiro atoms. The number of carbonyl (C=O) groups is 1. The van der Waals surface area contributed by atoms with E-state index in [9.17, 15) is 29.0 Å². The van der Waals surface area contributed by atoms with Crippen LogP contribution in [0.4, 0.5) is 10.1 Å². The Hall–Kier alpha value is -3.06. The summed E-state index contributed by atoms with van der Waals surface area (Å²) in [5.74, 6) is -1.05. The van der Waals surface area contributed by atoms with E-state index in [2.05, 4.69) is 5.32 Å². The number of hydrogen-bond donors (Lipinski definition) is 4. The summed E-state index contributed by atoms with van der Waals surface area (Å²) in [5.41, 5.74) is 4.75. The third-order valence-corrected chi connectivity index (χ3v) is 5.31. The molecule has 11 nitrogen and oxygen atoms in total. The van der Waals surface area contributed by atoms with Gasteiger partial charge in [-0.25, -0.2) is 9.18 Å². The van der Waals surface area contributed by atoms with Gasteiger partial charge in [-0.2, -0.15) is 0 Å². The number of aryl methyl sites for hydroxylation is 1. The number of halogens is 1. The zero-order valence-corrected chi connectivity index (χ0v) is 18.1. The van der Waals surface area contributed by atoms with Crippen LogP contribution in [0.15, 0.2) is 34.0 Å². The molecule has 1 aliphatic heterocycles. The third-order valence-electron chi connectivity index (χ3n) is 5.31. The molecule has 0 radical (unpaired) electrons. The van der Waals surface area contributed by atoms with Crippen LogP contribution in [0.25, 0.3) is 0 Å². The molecule has 0 unspecified atom stereocenters. The Balaban J connectivity index is 1.53. The van der Waals surface area contributed by atoms with Gasteiger partial charge in [-0.1, -0.05) is 0 Å². The summed E-state index contributed by atoms with van der Waals surface area (Å²) >= 11 is 0. The molecule has 1 saturated heterocycles. The van der Waals surface area contributed by atoms with Crippen LogP contribution in [0.2, 0.25) is 0 Å². The number of benzene rings is 1. The third kappa shape index (κ3) is 5.66. The molecule has 3 rings (SSSR count). The van der Waals surface area contributed by atoms with Gasteiger partial charge in [0.2, 0.25) is 0 Å². The number of nitrogen functional groups attached to an aromatic ring is 1. The Bertz CT molecular complexity index is 1120. The number of aliphatic hydroxyl groups is 2. The van der Waals surface area contributed by atoms with Crippen molar-refractivity contribution in [3.63, 3.8) is 0 Å². The number of rotatable bonds is 9. The number of amides is 1. The molecular weight excluding hydrogens is 439 g/mol. The van der Waals surface area contributed by atoms with Crippen LogP contribution in [0.5, 0.6) is 0 Å². The summed E-state index contributed by atoms with van der Waals surface area (Å²) in [5, 5.41) is 21.8. The molecule has 0 saturated carbocycles. The lowest BCUT2D eigenvalue weighted by molar-refractivity contribution is -0.0464. The van der Waals surface area contributed by atoms with Gasteiger partial charge in [0.1, 0.15) is 18.1 Å². The highest BCUT2D eigenvalue weighted by Crippen LogP contribution is 2.27. The Kier molecular flexibility index (Phi) is 7.97.